The number of aliphatic hydroxyl groups is 2. The minimum atomic E-state index is 0. The third kappa shape index (κ3) is 15.8. The molecule has 0 saturated heterocycles. The first kappa shape index (κ1) is 32.5. The molecule has 6 nitrogen and oxygen atoms in total. The maximum absolute atomic E-state index is 8.48. The molecule has 124 valence electrons. The topological polar surface area (TPSA) is 132 Å². The van der Waals surface area contributed by atoms with E-state index in [1.54, 1.807) is 24.5 Å². The van der Waals surface area contributed by atoms with E-state index in [2.05, 4.69) is 9.97 Å². The monoisotopic (exact) mass is 472 g/mol. The predicted octanol–water partition coefficient (Wildman–Crippen LogP) is -6.69. The van der Waals surface area contributed by atoms with E-state index in [0.29, 0.717) is 11.4 Å². The van der Waals surface area contributed by atoms with Crippen molar-refractivity contribution < 1.29 is 71.6 Å². The van der Waals surface area contributed by atoms with Crippen LogP contribution in [-0.4, -0.2) is 20.2 Å². The van der Waals surface area contributed by atoms with Gasteiger partial charge in [-0.2, -0.15) is 0 Å². The first-order valence-corrected chi connectivity index (χ1v) is 4.88. The summed E-state index contributed by atoms with van der Waals surface area (Å²) in [5, 5.41) is 17.0. The summed E-state index contributed by atoms with van der Waals surface area (Å²) in [6, 6.07) is 10.9. The minimum Gasteiger partial charge on any atom is -1.00 e. The van der Waals surface area contributed by atoms with Crippen LogP contribution >= 0.6 is 0 Å². The maximum atomic E-state index is 8.48. The zero-order valence-electron chi connectivity index (χ0n) is 11.0. The van der Waals surface area contributed by atoms with Gasteiger partial charge in [0.15, 0.2) is 0 Å². The van der Waals surface area contributed by atoms with E-state index in [1.165, 1.54) is 0 Å². The number of hydrogen-bond acceptors (Lipinski definition) is 4. The Balaban J connectivity index is -0.0000000656. The maximum Gasteiger partial charge on any atom is 2.00 e. The zero-order chi connectivity index (χ0) is 11.6. The number of aromatic nitrogens is 2. The molecule has 0 amide bonds. The fourth-order valence-electron chi connectivity index (χ4n) is 0.983. The standard InChI is InChI=1S/2C6H7NO.2BrH.Ni.2H2O/c2*8-5-6-3-1-2-4-7-6;;;;;/h2*1-4,8H,5H2;2*1H;;2*1H2/q;;;;+2;;. The summed E-state index contributed by atoms with van der Waals surface area (Å²) in [5.41, 5.74) is 1.43. The Morgan fingerprint density at radius 2 is 1.05 bits per heavy atom. The molecule has 8 N–H and O–H groups in total. The molecular weight excluding hydrogens is 455 g/mol. The molecule has 0 unspecified atom stereocenters. The van der Waals surface area contributed by atoms with Crippen molar-refractivity contribution >= 4 is 0 Å². The fourth-order valence-corrected chi connectivity index (χ4v) is 0.983. The SMILES string of the molecule is OCc1ccccn1.OCc1ccccn1.[Br-].[Br-].[Ni+2].[OH3+].[OH3+]. The fraction of sp³-hybridized carbons (Fsp3) is 0.167. The first-order valence-electron chi connectivity index (χ1n) is 4.88. The van der Waals surface area contributed by atoms with Crippen molar-refractivity contribution in [3.63, 3.8) is 0 Å². The average Bonchev–Trinajstić information content (AvgIpc) is 2.41. The molecule has 0 aliphatic heterocycles. The molecule has 2 aromatic heterocycles. The van der Waals surface area contributed by atoms with Gasteiger partial charge in [-0.25, -0.2) is 0 Å². The molecule has 2 heterocycles. The van der Waals surface area contributed by atoms with Crippen molar-refractivity contribution in [2.24, 2.45) is 0 Å². The molecule has 0 aromatic carbocycles. The van der Waals surface area contributed by atoms with Gasteiger partial charge in [0.1, 0.15) is 0 Å². The number of halogens is 2. The second-order valence-electron chi connectivity index (χ2n) is 2.96. The smallest absolute Gasteiger partial charge is 1.00 e. The zero-order valence-corrected chi connectivity index (χ0v) is 15.2. The number of hydrogen-bond donors (Lipinski definition) is 2. The Morgan fingerprint density at radius 1 is 0.714 bits per heavy atom. The van der Waals surface area contributed by atoms with Crippen molar-refractivity contribution in [2.45, 2.75) is 13.2 Å². The second-order valence-corrected chi connectivity index (χ2v) is 2.96. The molecule has 0 fully saturated rings. The van der Waals surface area contributed by atoms with Crippen LogP contribution < -0.4 is 34.0 Å². The molecule has 2 rings (SSSR count). The normalized spacial score (nSPS) is 6.95. The molecular formula is C12H20Br2N2NiO4+2. The van der Waals surface area contributed by atoms with Gasteiger partial charge in [-0.1, -0.05) is 12.1 Å². The molecule has 9 heteroatoms. The minimum absolute atomic E-state index is 0. The number of rotatable bonds is 2. The van der Waals surface area contributed by atoms with Crippen molar-refractivity contribution in [1.29, 1.82) is 0 Å². The molecule has 0 aliphatic carbocycles. The third-order valence-electron chi connectivity index (χ3n) is 1.78. The molecule has 0 atom stereocenters. The van der Waals surface area contributed by atoms with Gasteiger partial charge in [-0.05, 0) is 24.3 Å². The Labute approximate surface area is 154 Å². The van der Waals surface area contributed by atoms with Crippen molar-refractivity contribution in [3.8, 4) is 0 Å². The van der Waals surface area contributed by atoms with Crippen LogP contribution in [0.4, 0.5) is 0 Å². The summed E-state index contributed by atoms with van der Waals surface area (Å²) >= 11 is 0. The first-order chi connectivity index (χ1) is 7.86. The summed E-state index contributed by atoms with van der Waals surface area (Å²) in [4.78, 5) is 7.69. The van der Waals surface area contributed by atoms with Crippen LogP contribution in [-0.2, 0) is 40.7 Å². The largest absolute Gasteiger partial charge is 2.00 e. The molecule has 0 aliphatic rings. The van der Waals surface area contributed by atoms with Crippen molar-refractivity contribution in [3.05, 3.63) is 60.2 Å². The summed E-state index contributed by atoms with van der Waals surface area (Å²) in [7, 11) is 0. The number of nitrogens with zero attached hydrogens (tertiary/aromatic N) is 2. The van der Waals surface area contributed by atoms with Gasteiger partial charge in [0.05, 0.1) is 24.6 Å². The number of aliphatic hydroxyl groups excluding tert-OH is 2. The van der Waals surface area contributed by atoms with Gasteiger partial charge >= 0.3 is 16.5 Å². The van der Waals surface area contributed by atoms with E-state index in [-0.39, 0.29) is 74.6 Å². The van der Waals surface area contributed by atoms with Gasteiger partial charge in [-0.3, -0.25) is 9.97 Å². The van der Waals surface area contributed by atoms with Gasteiger partial charge in [-0.15, -0.1) is 0 Å². The molecule has 0 bridgehead atoms. The molecule has 0 spiro atoms. The molecule has 0 saturated carbocycles. The Hall–Kier alpha value is -0.406. The van der Waals surface area contributed by atoms with Crippen LogP contribution in [0.5, 0.6) is 0 Å². The Morgan fingerprint density at radius 3 is 1.19 bits per heavy atom. The van der Waals surface area contributed by atoms with Gasteiger partial charge < -0.3 is 55.1 Å². The van der Waals surface area contributed by atoms with E-state index in [0.717, 1.165) is 0 Å². The summed E-state index contributed by atoms with van der Waals surface area (Å²) in [6.07, 6.45) is 3.32. The van der Waals surface area contributed by atoms with Crippen molar-refractivity contribution in [1.82, 2.24) is 9.97 Å². The van der Waals surface area contributed by atoms with Gasteiger partial charge in [0.2, 0.25) is 0 Å². The van der Waals surface area contributed by atoms with Crippen LogP contribution in [0.3, 0.4) is 0 Å². The summed E-state index contributed by atoms with van der Waals surface area (Å²) < 4.78 is 0. The molecule has 0 radical (unpaired) electrons. The quantitative estimate of drug-likeness (QED) is 0.331. The predicted molar refractivity (Wildman–Crippen MR) is 70.1 cm³/mol. The van der Waals surface area contributed by atoms with Gasteiger partial charge in [0.25, 0.3) is 0 Å². The average molecular weight is 475 g/mol. The third-order valence-corrected chi connectivity index (χ3v) is 1.78. The molecule has 21 heavy (non-hydrogen) atoms. The summed E-state index contributed by atoms with van der Waals surface area (Å²) in [5.74, 6) is 0. The van der Waals surface area contributed by atoms with E-state index < -0.39 is 0 Å². The van der Waals surface area contributed by atoms with Crippen molar-refractivity contribution in [2.75, 3.05) is 0 Å². The summed E-state index contributed by atoms with van der Waals surface area (Å²) in [6.45, 7) is 0.0572. The van der Waals surface area contributed by atoms with E-state index in [4.69, 9.17) is 10.2 Å². The van der Waals surface area contributed by atoms with Crippen LogP contribution in [0.25, 0.3) is 0 Å². The van der Waals surface area contributed by atoms with E-state index in [1.807, 2.05) is 24.3 Å². The molecule has 2 aromatic rings. The van der Waals surface area contributed by atoms with Gasteiger partial charge in [0, 0.05) is 12.4 Å². The van der Waals surface area contributed by atoms with Crippen LogP contribution in [0.1, 0.15) is 11.4 Å². The van der Waals surface area contributed by atoms with E-state index >= 15 is 0 Å². The number of pyridine rings is 2. The Kier molecular flexibility index (Phi) is 33.9. The van der Waals surface area contributed by atoms with Crippen LogP contribution in [0, 0.1) is 0 Å². The van der Waals surface area contributed by atoms with E-state index in [9.17, 15) is 0 Å². The van der Waals surface area contributed by atoms with Crippen LogP contribution in [0.2, 0.25) is 0 Å². The second kappa shape index (κ2) is 21.9. The Bertz CT molecular complexity index is 359. The van der Waals surface area contributed by atoms with Crippen LogP contribution in [0.15, 0.2) is 48.8 Å².